The van der Waals surface area contributed by atoms with Crippen LogP contribution in [0.25, 0.3) is 0 Å². The van der Waals surface area contributed by atoms with Crippen LogP contribution in [-0.2, 0) is 9.53 Å². The van der Waals surface area contributed by atoms with E-state index < -0.39 is 6.04 Å². The number of rotatable bonds is 4. The highest BCUT2D eigenvalue weighted by Crippen LogP contribution is 2.28. The van der Waals surface area contributed by atoms with Crippen molar-refractivity contribution in [3.05, 3.63) is 0 Å². The zero-order chi connectivity index (χ0) is 12.2. The highest BCUT2D eigenvalue weighted by molar-refractivity contribution is 5.75. The van der Waals surface area contributed by atoms with Crippen LogP contribution in [0.1, 0.15) is 33.6 Å². The van der Waals surface area contributed by atoms with Gasteiger partial charge in [0.2, 0.25) is 0 Å². The van der Waals surface area contributed by atoms with Gasteiger partial charge in [-0.15, -0.1) is 0 Å². The van der Waals surface area contributed by atoms with Crippen molar-refractivity contribution in [2.75, 3.05) is 26.2 Å². The first-order chi connectivity index (χ1) is 7.44. The Morgan fingerprint density at radius 2 is 2.25 bits per heavy atom. The Morgan fingerprint density at radius 3 is 2.81 bits per heavy atom. The zero-order valence-corrected chi connectivity index (χ0v) is 10.7. The number of nitrogens with two attached hydrogens (primary N) is 1. The molecule has 16 heavy (non-hydrogen) atoms. The van der Waals surface area contributed by atoms with Crippen molar-refractivity contribution in [2.24, 2.45) is 11.1 Å². The van der Waals surface area contributed by atoms with Crippen LogP contribution in [0.15, 0.2) is 0 Å². The number of piperidine rings is 1. The number of nitrogens with zero attached hydrogens (tertiary/aromatic N) is 1. The molecular weight excluding hydrogens is 204 g/mol. The summed E-state index contributed by atoms with van der Waals surface area (Å²) in [6.07, 6.45) is 2.43. The van der Waals surface area contributed by atoms with Gasteiger partial charge in [0.1, 0.15) is 6.04 Å². The van der Waals surface area contributed by atoms with Gasteiger partial charge in [-0.2, -0.15) is 0 Å². The van der Waals surface area contributed by atoms with E-state index in [1.165, 1.54) is 12.8 Å². The molecule has 4 nitrogen and oxygen atoms in total. The largest absolute Gasteiger partial charge is 0.465 e. The van der Waals surface area contributed by atoms with E-state index in [0.29, 0.717) is 18.6 Å². The third-order valence-electron chi connectivity index (χ3n) is 3.02. The third kappa shape index (κ3) is 4.10. The van der Waals surface area contributed by atoms with Crippen molar-refractivity contribution in [1.82, 2.24) is 4.90 Å². The number of esters is 1. The molecule has 1 rings (SSSR count). The molecule has 2 N–H and O–H groups in total. The van der Waals surface area contributed by atoms with Crippen molar-refractivity contribution >= 4 is 5.97 Å². The van der Waals surface area contributed by atoms with E-state index in [4.69, 9.17) is 10.5 Å². The highest BCUT2D eigenvalue weighted by atomic mass is 16.5. The van der Waals surface area contributed by atoms with Crippen LogP contribution < -0.4 is 5.73 Å². The minimum atomic E-state index is -0.506. The number of hydrogen-bond acceptors (Lipinski definition) is 4. The van der Waals surface area contributed by atoms with Gasteiger partial charge in [-0.3, -0.25) is 4.79 Å². The van der Waals surface area contributed by atoms with Gasteiger partial charge in [0.05, 0.1) is 6.61 Å². The summed E-state index contributed by atoms with van der Waals surface area (Å²) in [5.74, 6) is -0.286. The van der Waals surface area contributed by atoms with Crippen LogP contribution in [0, 0.1) is 5.41 Å². The second-order valence-corrected chi connectivity index (χ2v) is 5.36. The van der Waals surface area contributed by atoms with E-state index in [-0.39, 0.29) is 5.97 Å². The van der Waals surface area contributed by atoms with Gasteiger partial charge in [-0.1, -0.05) is 13.8 Å². The van der Waals surface area contributed by atoms with E-state index >= 15 is 0 Å². The number of carbonyl (C=O) groups excluding carboxylic acids is 1. The Bertz CT molecular complexity index is 241. The highest BCUT2D eigenvalue weighted by Gasteiger charge is 2.28. The first kappa shape index (κ1) is 13.5. The standard InChI is InChI=1S/C12H24N2O2/c1-4-16-11(15)10(13)8-14-7-5-6-12(2,3)9-14/h10H,4-9,13H2,1-3H3. The summed E-state index contributed by atoms with van der Waals surface area (Å²) in [7, 11) is 0. The molecule has 1 aliphatic rings. The molecule has 0 aromatic carbocycles. The molecule has 0 spiro atoms. The smallest absolute Gasteiger partial charge is 0.324 e. The maximum atomic E-state index is 11.4. The molecule has 0 amide bonds. The summed E-state index contributed by atoms with van der Waals surface area (Å²) >= 11 is 0. The molecule has 1 aliphatic heterocycles. The second-order valence-electron chi connectivity index (χ2n) is 5.36. The monoisotopic (exact) mass is 228 g/mol. The first-order valence-corrected chi connectivity index (χ1v) is 6.09. The lowest BCUT2D eigenvalue weighted by atomic mass is 9.84. The quantitative estimate of drug-likeness (QED) is 0.729. The third-order valence-corrected chi connectivity index (χ3v) is 3.02. The number of ether oxygens (including phenoxy) is 1. The fourth-order valence-corrected chi connectivity index (χ4v) is 2.30. The molecule has 1 atom stereocenters. The van der Waals surface area contributed by atoms with Gasteiger partial charge in [0.25, 0.3) is 0 Å². The van der Waals surface area contributed by atoms with Crippen LogP contribution in [0.4, 0.5) is 0 Å². The minimum Gasteiger partial charge on any atom is -0.465 e. The minimum absolute atomic E-state index is 0.286. The Hall–Kier alpha value is -0.610. The summed E-state index contributed by atoms with van der Waals surface area (Å²) in [4.78, 5) is 13.7. The van der Waals surface area contributed by atoms with Crippen molar-refractivity contribution in [2.45, 2.75) is 39.7 Å². The van der Waals surface area contributed by atoms with Crippen LogP contribution >= 0.6 is 0 Å². The molecule has 0 aromatic rings. The maximum Gasteiger partial charge on any atom is 0.324 e. The van der Waals surface area contributed by atoms with E-state index in [2.05, 4.69) is 18.7 Å². The van der Waals surface area contributed by atoms with Gasteiger partial charge in [0.15, 0.2) is 0 Å². The molecule has 0 radical (unpaired) electrons. The molecule has 1 heterocycles. The predicted molar refractivity (Wildman–Crippen MR) is 64.1 cm³/mol. The second kappa shape index (κ2) is 5.64. The van der Waals surface area contributed by atoms with Gasteiger partial charge in [-0.25, -0.2) is 0 Å². The molecule has 0 saturated carbocycles. The summed E-state index contributed by atoms with van der Waals surface area (Å²) in [5, 5.41) is 0. The van der Waals surface area contributed by atoms with Crippen molar-refractivity contribution in [3.63, 3.8) is 0 Å². The maximum absolute atomic E-state index is 11.4. The molecule has 94 valence electrons. The van der Waals surface area contributed by atoms with Gasteiger partial charge in [0, 0.05) is 13.1 Å². The molecule has 0 aromatic heterocycles. The van der Waals surface area contributed by atoms with Crippen molar-refractivity contribution < 1.29 is 9.53 Å². The van der Waals surface area contributed by atoms with Gasteiger partial charge >= 0.3 is 5.97 Å². The van der Waals surface area contributed by atoms with Crippen LogP contribution in [0.2, 0.25) is 0 Å². The molecule has 1 unspecified atom stereocenters. The Balaban J connectivity index is 2.39. The fraction of sp³-hybridized carbons (Fsp3) is 0.917. The number of carbonyl (C=O) groups is 1. The first-order valence-electron chi connectivity index (χ1n) is 6.09. The average Bonchev–Trinajstić information content (AvgIpc) is 2.16. The molecule has 0 bridgehead atoms. The van der Waals surface area contributed by atoms with E-state index in [9.17, 15) is 4.79 Å². The Morgan fingerprint density at radius 1 is 1.56 bits per heavy atom. The molecule has 4 heteroatoms. The van der Waals surface area contributed by atoms with E-state index in [0.717, 1.165) is 13.1 Å². The lowest BCUT2D eigenvalue weighted by Gasteiger charge is -2.38. The lowest BCUT2D eigenvalue weighted by Crippen LogP contribution is -2.48. The topological polar surface area (TPSA) is 55.6 Å². The van der Waals surface area contributed by atoms with E-state index in [1.54, 1.807) is 6.92 Å². The van der Waals surface area contributed by atoms with E-state index in [1.807, 2.05) is 0 Å². The van der Waals surface area contributed by atoms with Crippen LogP contribution in [0.5, 0.6) is 0 Å². The lowest BCUT2D eigenvalue weighted by molar-refractivity contribution is -0.145. The number of likely N-dealkylation sites (tertiary alicyclic amines) is 1. The van der Waals surface area contributed by atoms with Crippen LogP contribution in [-0.4, -0.2) is 43.2 Å². The summed E-state index contributed by atoms with van der Waals surface area (Å²) < 4.78 is 4.91. The summed E-state index contributed by atoms with van der Waals surface area (Å²) in [5.41, 5.74) is 6.15. The van der Waals surface area contributed by atoms with Gasteiger partial charge < -0.3 is 15.4 Å². The van der Waals surface area contributed by atoms with Crippen LogP contribution in [0.3, 0.4) is 0 Å². The summed E-state index contributed by atoms with van der Waals surface area (Å²) in [6.45, 7) is 9.38. The normalized spacial score (nSPS) is 22.8. The number of hydrogen-bond donors (Lipinski definition) is 1. The zero-order valence-electron chi connectivity index (χ0n) is 10.7. The van der Waals surface area contributed by atoms with Crippen molar-refractivity contribution in [1.29, 1.82) is 0 Å². The Kier molecular flexibility index (Phi) is 4.74. The molecular formula is C12H24N2O2. The Labute approximate surface area is 98.1 Å². The molecule has 1 saturated heterocycles. The SMILES string of the molecule is CCOC(=O)C(N)CN1CCCC(C)(C)C1. The molecule has 0 aliphatic carbocycles. The fourth-order valence-electron chi connectivity index (χ4n) is 2.30. The average molecular weight is 228 g/mol. The van der Waals surface area contributed by atoms with Gasteiger partial charge in [-0.05, 0) is 31.7 Å². The molecule has 1 fully saturated rings. The predicted octanol–water partition coefficient (Wildman–Crippen LogP) is 0.999. The van der Waals surface area contributed by atoms with Crippen molar-refractivity contribution in [3.8, 4) is 0 Å². The summed E-state index contributed by atoms with van der Waals surface area (Å²) in [6, 6.07) is -0.506.